The first-order valence-electron chi connectivity index (χ1n) is 1.95. The van der Waals surface area contributed by atoms with Gasteiger partial charge in [-0.05, 0) is 6.92 Å². The molecule has 0 aliphatic heterocycles. The molecule has 1 unspecified atom stereocenters. The number of nitrogens with zero attached hydrogens (tertiary/aromatic N) is 1. The fourth-order valence-electron chi connectivity index (χ4n) is 0.129. The summed E-state index contributed by atoms with van der Waals surface area (Å²) in [6.45, 7) is 1.75. The van der Waals surface area contributed by atoms with E-state index in [0.717, 1.165) is 0 Å². The van der Waals surface area contributed by atoms with Gasteiger partial charge in [0.25, 0.3) is 0 Å². The topological polar surface area (TPSA) is 29.4 Å². The van der Waals surface area contributed by atoms with Crippen molar-refractivity contribution in [3.8, 4) is 0 Å². The maximum absolute atomic E-state index is 10.4. The molecule has 0 N–H and O–H groups in total. The fraction of sp³-hybridized carbons (Fsp3) is 0.750. The third kappa shape index (κ3) is 2.51. The fourth-order valence-corrected chi connectivity index (χ4v) is 0.386. The molecule has 0 saturated carbocycles. The van der Waals surface area contributed by atoms with Gasteiger partial charge in [0, 0.05) is 13.3 Å². The maximum Gasteiger partial charge on any atom is 0.0948 e. The lowest BCUT2D eigenvalue weighted by atomic mass is 10.9. The molecule has 0 bridgehead atoms. The molecule has 0 heterocycles. The molecule has 0 radical (unpaired) electrons. The van der Waals surface area contributed by atoms with Crippen molar-refractivity contribution in [2.45, 2.75) is 6.92 Å². The van der Waals surface area contributed by atoms with E-state index in [9.17, 15) is 4.21 Å². The van der Waals surface area contributed by atoms with Crippen molar-refractivity contribution < 1.29 is 4.21 Å². The van der Waals surface area contributed by atoms with Crippen molar-refractivity contribution in [1.29, 1.82) is 0 Å². The first kappa shape index (κ1) is 6.82. The van der Waals surface area contributed by atoms with E-state index in [-0.39, 0.29) is 0 Å². The predicted octanol–water partition coefficient (Wildman–Crippen LogP) is 0.413. The highest BCUT2D eigenvalue weighted by Crippen LogP contribution is 1.77. The smallest absolute Gasteiger partial charge is 0.0948 e. The van der Waals surface area contributed by atoms with Gasteiger partial charge >= 0.3 is 0 Å². The quantitative estimate of drug-likeness (QED) is 0.335. The Kier molecular flexibility index (Phi) is 2.83. The number of aliphatic imine (C=N–C) groups is 1. The van der Waals surface area contributed by atoms with Crippen molar-refractivity contribution in [2.75, 3.05) is 13.3 Å². The molecular weight excluding hydrogens is 110 g/mol. The summed E-state index contributed by atoms with van der Waals surface area (Å²) in [4.78, 5) is 3.70. The van der Waals surface area contributed by atoms with E-state index in [0.29, 0.717) is 5.04 Å². The van der Waals surface area contributed by atoms with Gasteiger partial charge in [-0.15, -0.1) is 0 Å². The van der Waals surface area contributed by atoms with Crippen LogP contribution >= 0.6 is 0 Å². The van der Waals surface area contributed by atoms with Gasteiger partial charge in [0.05, 0.1) is 15.8 Å². The molecule has 1 atom stereocenters. The Bertz CT molecular complexity index is 108. The average Bonchev–Trinajstić information content (AvgIpc) is 1.65. The Balaban J connectivity index is 3.82. The van der Waals surface area contributed by atoms with Crippen molar-refractivity contribution in [3.63, 3.8) is 0 Å². The molecule has 2 nitrogen and oxygen atoms in total. The molecule has 0 aliphatic rings. The molecule has 42 valence electrons. The van der Waals surface area contributed by atoms with Gasteiger partial charge in [-0.1, -0.05) is 0 Å². The molecule has 0 aromatic rings. The third-order valence-corrected chi connectivity index (χ3v) is 1.75. The van der Waals surface area contributed by atoms with E-state index >= 15 is 0 Å². The lowest BCUT2D eigenvalue weighted by Gasteiger charge is -1.86. The minimum absolute atomic E-state index is 0.694. The Hall–Kier alpha value is -0.180. The summed E-state index contributed by atoms with van der Waals surface area (Å²) in [5.41, 5.74) is 0. The second-order valence-electron chi connectivity index (χ2n) is 1.20. The van der Waals surface area contributed by atoms with Crippen molar-refractivity contribution in [3.05, 3.63) is 0 Å². The van der Waals surface area contributed by atoms with Gasteiger partial charge in [-0.2, -0.15) is 0 Å². The van der Waals surface area contributed by atoms with Crippen LogP contribution in [0.1, 0.15) is 6.92 Å². The predicted molar refractivity (Wildman–Crippen MR) is 33.1 cm³/mol. The van der Waals surface area contributed by atoms with Crippen molar-refractivity contribution >= 4 is 15.8 Å². The van der Waals surface area contributed by atoms with Crippen LogP contribution in [0.3, 0.4) is 0 Å². The zero-order valence-electron chi connectivity index (χ0n) is 4.76. The van der Waals surface area contributed by atoms with Gasteiger partial charge in [0.1, 0.15) is 0 Å². The zero-order valence-corrected chi connectivity index (χ0v) is 5.58. The first-order valence-corrected chi connectivity index (χ1v) is 3.51. The lowest BCUT2D eigenvalue weighted by Crippen LogP contribution is -1.97. The summed E-state index contributed by atoms with van der Waals surface area (Å²) >= 11 is 0. The zero-order chi connectivity index (χ0) is 5.86. The largest absolute Gasteiger partial charge is 0.284 e. The van der Waals surface area contributed by atoms with Gasteiger partial charge in [0.2, 0.25) is 0 Å². The third-order valence-electron chi connectivity index (χ3n) is 0.731. The summed E-state index contributed by atoms with van der Waals surface area (Å²) in [6, 6.07) is 0. The molecule has 0 aromatic heterocycles. The highest BCUT2D eigenvalue weighted by atomic mass is 32.2. The number of rotatable bonds is 0. The molecule has 0 saturated heterocycles. The summed E-state index contributed by atoms with van der Waals surface area (Å²) in [6.07, 6.45) is 1.61. The molecule has 3 heteroatoms. The lowest BCUT2D eigenvalue weighted by molar-refractivity contribution is 0.693. The SMILES string of the molecule is CN=C(C)S(C)=O. The molecular formula is C4H9NOS. The molecule has 0 aliphatic carbocycles. The molecule has 7 heavy (non-hydrogen) atoms. The second kappa shape index (κ2) is 2.91. The summed E-state index contributed by atoms with van der Waals surface area (Å²) < 4.78 is 10.4. The van der Waals surface area contributed by atoms with Crippen molar-refractivity contribution in [1.82, 2.24) is 0 Å². The van der Waals surface area contributed by atoms with E-state index < -0.39 is 10.8 Å². The number of hydrogen-bond acceptors (Lipinski definition) is 2. The Morgan fingerprint density at radius 2 is 2.14 bits per heavy atom. The molecule has 0 rings (SSSR count). The summed E-state index contributed by atoms with van der Waals surface area (Å²) in [5.74, 6) is 0. The van der Waals surface area contributed by atoms with Crippen molar-refractivity contribution in [2.24, 2.45) is 4.99 Å². The van der Waals surface area contributed by atoms with Crippen LogP contribution in [0.25, 0.3) is 0 Å². The Labute approximate surface area is 46.1 Å². The van der Waals surface area contributed by atoms with E-state index in [2.05, 4.69) is 4.99 Å². The Morgan fingerprint density at radius 1 is 1.71 bits per heavy atom. The van der Waals surface area contributed by atoms with E-state index in [4.69, 9.17) is 0 Å². The Morgan fingerprint density at radius 3 is 2.14 bits per heavy atom. The van der Waals surface area contributed by atoms with Gasteiger partial charge < -0.3 is 0 Å². The van der Waals surface area contributed by atoms with Gasteiger partial charge in [-0.25, -0.2) is 0 Å². The summed E-state index contributed by atoms with van der Waals surface area (Å²) in [5, 5.41) is 0.694. The van der Waals surface area contributed by atoms with Crippen LogP contribution in [-0.2, 0) is 10.8 Å². The van der Waals surface area contributed by atoms with Crippen LogP contribution < -0.4 is 0 Å². The van der Waals surface area contributed by atoms with Gasteiger partial charge in [-0.3, -0.25) is 9.20 Å². The van der Waals surface area contributed by atoms with Crippen LogP contribution in [0.5, 0.6) is 0 Å². The molecule has 0 aromatic carbocycles. The highest BCUT2D eigenvalue weighted by Gasteiger charge is 1.89. The second-order valence-corrected chi connectivity index (χ2v) is 2.70. The minimum atomic E-state index is -0.860. The van der Waals surface area contributed by atoms with Crippen LogP contribution in [0.15, 0.2) is 4.99 Å². The van der Waals surface area contributed by atoms with E-state index in [1.165, 1.54) is 0 Å². The van der Waals surface area contributed by atoms with Crippen LogP contribution in [0.2, 0.25) is 0 Å². The minimum Gasteiger partial charge on any atom is -0.284 e. The molecule has 0 amide bonds. The maximum atomic E-state index is 10.4. The molecule has 0 fully saturated rings. The number of hydrogen-bond donors (Lipinski definition) is 0. The van der Waals surface area contributed by atoms with E-state index in [1.54, 1.807) is 20.2 Å². The normalized spacial score (nSPS) is 16.7. The van der Waals surface area contributed by atoms with E-state index in [1.807, 2.05) is 0 Å². The van der Waals surface area contributed by atoms with Gasteiger partial charge in [0.15, 0.2) is 0 Å². The standard InChI is InChI=1S/C4H9NOS/c1-4(5-2)7(3)6/h1-3H3. The average molecular weight is 119 g/mol. The van der Waals surface area contributed by atoms with Crippen LogP contribution in [0, 0.1) is 0 Å². The highest BCUT2D eigenvalue weighted by molar-refractivity contribution is 7.99. The van der Waals surface area contributed by atoms with Crippen LogP contribution in [0.4, 0.5) is 0 Å². The van der Waals surface area contributed by atoms with Crippen LogP contribution in [-0.4, -0.2) is 22.6 Å². The summed E-state index contributed by atoms with van der Waals surface area (Å²) in [7, 11) is 0.775. The first-order chi connectivity index (χ1) is 3.18. The molecule has 0 spiro atoms. The monoisotopic (exact) mass is 119 g/mol.